The van der Waals surface area contributed by atoms with Crippen LogP contribution in [0.4, 0.5) is 9.18 Å². The number of hydrogen-bond donors (Lipinski definition) is 1. The Bertz CT molecular complexity index is 808. The molecule has 1 aliphatic rings. The standard InChI is InChI=1S/C24H32FN3O2/c1-18(2)17-30-23-10-6-19(7-11-23)14-26-24(29)28(22-12-13-27(3)16-22)15-20-4-8-21(25)9-5-20/h4-11,18,22H,12-17H2,1-3H3,(H,26,29)/t22-/m1/s1. The summed E-state index contributed by atoms with van der Waals surface area (Å²) in [7, 11) is 2.07. The Morgan fingerprint density at radius 2 is 1.83 bits per heavy atom. The molecule has 0 saturated carbocycles. The first kappa shape index (κ1) is 22.1. The van der Waals surface area contributed by atoms with Crippen LogP contribution in [0.2, 0.25) is 0 Å². The zero-order chi connectivity index (χ0) is 21.5. The van der Waals surface area contributed by atoms with Gasteiger partial charge in [0.05, 0.1) is 6.61 Å². The van der Waals surface area contributed by atoms with Gasteiger partial charge in [0.15, 0.2) is 0 Å². The number of halogens is 1. The van der Waals surface area contributed by atoms with Gasteiger partial charge in [0.2, 0.25) is 0 Å². The number of likely N-dealkylation sites (N-methyl/N-ethyl adjacent to an activating group) is 1. The van der Waals surface area contributed by atoms with Crippen LogP contribution in [-0.2, 0) is 13.1 Å². The molecule has 1 aliphatic heterocycles. The number of urea groups is 1. The van der Waals surface area contributed by atoms with Crippen LogP contribution >= 0.6 is 0 Å². The van der Waals surface area contributed by atoms with Crippen molar-refractivity contribution in [1.29, 1.82) is 0 Å². The van der Waals surface area contributed by atoms with E-state index in [1.807, 2.05) is 29.2 Å². The molecule has 0 unspecified atom stereocenters. The van der Waals surface area contributed by atoms with Crippen LogP contribution in [0.5, 0.6) is 5.75 Å². The molecule has 1 N–H and O–H groups in total. The normalized spacial score (nSPS) is 16.6. The summed E-state index contributed by atoms with van der Waals surface area (Å²) in [5, 5.41) is 3.05. The Morgan fingerprint density at radius 1 is 1.17 bits per heavy atom. The monoisotopic (exact) mass is 413 g/mol. The average Bonchev–Trinajstić information content (AvgIpc) is 3.16. The molecule has 162 valence electrons. The largest absolute Gasteiger partial charge is 0.493 e. The number of nitrogens with one attached hydrogen (secondary N) is 1. The molecule has 2 amide bonds. The van der Waals surface area contributed by atoms with Gasteiger partial charge in [-0.3, -0.25) is 0 Å². The molecule has 6 heteroatoms. The lowest BCUT2D eigenvalue weighted by Gasteiger charge is -2.29. The van der Waals surface area contributed by atoms with E-state index in [2.05, 4.69) is 31.1 Å². The molecule has 3 rings (SSSR count). The van der Waals surface area contributed by atoms with E-state index in [1.54, 1.807) is 12.1 Å². The molecule has 1 saturated heterocycles. The second kappa shape index (κ2) is 10.4. The number of hydrogen-bond acceptors (Lipinski definition) is 3. The van der Waals surface area contributed by atoms with E-state index in [-0.39, 0.29) is 17.9 Å². The van der Waals surface area contributed by atoms with Crippen molar-refractivity contribution in [2.24, 2.45) is 5.92 Å². The quantitative estimate of drug-likeness (QED) is 0.703. The minimum atomic E-state index is -0.267. The summed E-state index contributed by atoms with van der Waals surface area (Å²) < 4.78 is 19.0. The van der Waals surface area contributed by atoms with Crippen LogP contribution in [0.3, 0.4) is 0 Å². The lowest BCUT2D eigenvalue weighted by Crippen LogP contribution is -2.46. The summed E-state index contributed by atoms with van der Waals surface area (Å²) in [6, 6.07) is 14.2. The van der Waals surface area contributed by atoms with Gasteiger partial charge in [0, 0.05) is 25.7 Å². The number of carbonyl (C=O) groups excluding carboxylic acids is 1. The minimum Gasteiger partial charge on any atom is -0.493 e. The molecule has 0 aromatic heterocycles. The highest BCUT2D eigenvalue weighted by Gasteiger charge is 2.29. The zero-order valence-electron chi connectivity index (χ0n) is 18.1. The molecule has 1 fully saturated rings. The van der Waals surface area contributed by atoms with Crippen molar-refractivity contribution in [3.63, 3.8) is 0 Å². The van der Waals surface area contributed by atoms with Crippen LogP contribution in [0.15, 0.2) is 48.5 Å². The second-order valence-corrected chi connectivity index (χ2v) is 8.47. The zero-order valence-corrected chi connectivity index (χ0v) is 18.1. The van der Waals surface area contributed by atoms with Gasteiger partial charge in [-0.05, 0) is 61.3 Å². The van der Waals surface area contributed by atoms with Crippen LogP contribution in [0.1, 0.15) is 31.4 Å². The fourth-order valence-electron chi connectivity index (χ4n) is 3.57. The second-order valence-electron chi connectivity index (χ2n) is 8.47. The Kier molecular flexibility index (Phi) is 7.69. The molecule has 0 bridgehead atoms. The van der Waals surface area contributed by atoms with Crippen LogP contribution < -0.4 is 10.1 Å². The smallest absolute Gasteiger partial charge is 0.318 e. The van der Waals surface area contributed by atoms with Gasteiger partial charge in [-0.2, -0.15) is 0 Å². The van der Waals surface area contributed by atoms with E-state index in [0.29, 0.717) is 25.6 Å². The summed E-state index contributed by atoms with van der Waals surface area (Å²) >= 11 is 0. The maximum absolute atomic E-state index is 13.3. The number of rotatable bonds is 8. The van der Waals surface area contributed by atoms with Gasteiger partial charge in [-0.1, -0.05) is 38.1 Å². The molecule has 2 aromatic carbocycles. The Morgan fingerprint density at radius 3 is 2.43 bits per heavy atom. The van der Waals surface area contributed by atoms with Crippen LogP contribution in [-0.4, -0.2) is 48.6 Å². The Hall–Kier alpha value is -2.60. The van der Waals surface area contributed by atoms with E-state index in [1.165, 1.54) is 12.1 Å². The molecule has 1 heterocycles. The van der Waals surface area contributed by atoms with E-state index in [0.717, 1.165) is 36.4 Å². The number of benzene rings is 2. The van der Waals surface area contributed by atoms with Gasteiger partial charge in [0.1, 0.15) is 11.6 Å². The van der Waals surface area contributed by atoms with E-state index < -0.39 is 0 Å². The first-order valence-corrected chi connectivity index (χ1v) is 10.6. The molecular formula is C24H32FN3O2. The lowest BCUT2D eigenvalue weighted by molar-refractivity contribution is 0.170. The molecule has 30 heavy (non-hydrogen) atoms. The number of ether oxygens (including phenoxy) is 1. The van der Waals surface area contributed by atoms with Crippen molar-refractivity contribution in [3.8, 4) is 5.75 Å². The number of likely N-dealkylation sites (tertiary alicyclic amines) is 1. The maximum Gasteiger partial charge on any atom is 0.318 e. The number of nitrogens with zero attached hydrogens (tertiary/aromatic N) is 2. The van der Waals surface area contributed by atoms with Gasteiger partial charge < -0.3 is 19.9 Å². The highest BCUT2D eigenvalue weighted by molar-refractivity contribution is 5.74. The third-order valence-electron chi connectivity index (χ3n) is 5.28. The SMILES string of the molecule is CC(C)COc1ccc(CNC(=O)N(Cc2ccc(F)cc2)[C@@H]2CCN(C)C2)cc1. The third kappa shape index (κ3) is 6.46. The topological polar surface area (TPSA) is 44.8 Å². The first-order chi connectivity index (χ1) is 14.4. The Labute approximate surface area is 178 Å². The number of carbonyl (C=O) groups is 1. The van der Waals surface area contributed by atoms with E-state index in [9.17, 15) is 9.18 Å². The Balaban J connectivity index is 1.60. The third-order valence-corrected chi connectivity index (χ3v) is 5.28. The average molecular weight is 414 g/mol. The van der Waals surface area contributed by atoms with Gasteiger partial charge in [0.25, 0.3) is 0 Å². The summed E-state index contributed by atoms with van der Waals surface area (Å²) in [5.74, 6) is 1.05. The number of amides is 2. The molecular weight excluding hydrogens is 381 g/mol. The highest BCUT2D eigenvalue weighted by Crippen LogP contribution is 2.18. The van der Waals surface area contributed by atoms with Gasteiger partial charge in [-0.25, -0.2) is 9.18 Å². The summed E-state index contributed by atoms with van der Waals surface area (Å²) in [6.45, 7) is 7.64. The predicted molar refractivity (Wildman–Crippen MR) is 117 cm³/mol. The fourth-order valence-corrected chi connectivity index (χ4v) is 3.57. The first-order valence-electron chi connectivity index (χ1n) is 10.6. The highest BCUT2D eigenvalue weighted by atomic mass is 19.1. The van der Waals surface area contributed by atoms with E-state index >= 15 is 0 Å². The van der Waals surface area contributed by atoms with Gasteiger partial charge >= 0.3 is 6.03 Å². The molecule has 1 atom stereocenters. The molecule has 0 radical (unpaired) electrons. The van der Waals surface area contributed by atoms with Gasteiger partial charge in [-0.15, -0.1) is 0 Å². The van der Waals surface area contributed by atoms with Crippen molar-refractivity contribution in [1.82, 2.24) is 15.1 Å². The van der Waals surface area contributed by atoms with E-state index in [4.69, 9.17) is 4.74 Å². The summed E-state index contributed by atoms with van der Waals surface area (Å²) in [4.78, 5) is 17.1. The lowest BCUT2D eigenvalue weighted by atomic mass is 10.1. The molecule has 2 aromatic rings. The van der Waals surface area contributed by atoms with Crippen molar-refractivity contribution in [2.45, 2.75) is 39.4 Å². The predicted octanol–water partition coefficient (Wildman–Crippen LogP) is 4.28. The van der Waals surface area contributed by atoms with Crippen molar-refractivity contribution >= 4 is 6.03 Å². The summed E-state index contributed by atoms with van der Waals surface area (Å²) in [6.07, 6.45) is 0.938. The van der Waals surface area contributed by atoms with Crippen molar-refractivity contribution in [2.75, 3.05) is 26.7 Å². The van der Waals surface area contributed by atoms with Crippen LogP contribution in [0, 0.1) is 11.7 Å². The maximum atomic E-state index is 13.3. The molecule has 0 spiro atoms. The summed E-state index contributed by atoms with van der Waals surface area (Å²) in [5.41, 5.74) is 1.94. The molecule has 0 aliphatic carbocycles. The van der Waals surface area contributed by atoms with Crippen molar-refractivity contribution in [3.05, 3.63) is 65.5 Å². The van der Waals surface area contributed by atoms with Crippen LogP contribution in [0.25, 0.3) is 0 Å². The molecule has 5 nitrogen and oxygen atoms in total. The van der Waals surface area contributed by atoms with Crippen molar-refractivity contribution < 1.29 is 13.9 Å². The fraction of sp³-hybridized carbons (Fsp3) is 0.458. The minimum absolute atomic E-state index is 0.0974.